The normalized spacial score (nSPS) is 11.4. The number of rotatable bonds is 3. The van der Waals surface area contributed by atoms with Crippen LogP contribution in [0.25, 0.3) is 0 Å². The van der Waals surface area contributed by atoms with Gasteiger partial charge in [-0.15, -0.1) is 0 Å². The Bertz CT molecular complexity index is 580. The first-order valence-electron chi connectivity index (χ1n) is 6.53. The summed E-state index contributed by atoms with van der Waals surface area (Å²) in [6.07, 6.45) is 0. The van der Waals surface area contributed by atoms with E-state index in [4.69, 9.17) is 4.74 Å². The zero-order chi connectivity index (χ0) is 14.8. The molecule has 20 heavy (non-hydrogen) atoms. The molecule has 0 fully saturated rings. The van der Waals surface area contributed by atoms with Crippen LogP contribution in [0.1, 0.15) is 31.9 Å². The summed E-state index contributed by atoms with van der Waals surface area (Å²) in [4.78, 5) is 0. The zero-order valence-corrected chi connectivity index (χ0v) is 11.9. The molecule has 0 spiro atoms. The highest BCUT2D eigenvalue weighted by atomic mass is 19.1. The third-order valence-electron chi connectivity index (χ3n) is 3.03. The number of ether oxygens (including phenoxy) is 1. The molecule has 0 aliphatic heterocycles. The molecule has 0 bridgehead atoms. The van der Waals surface area contributed by atoms with Crippen LogP contribution in [0.5, 0.6) is 5.75 Å². The van der Waals surface area contributed by atoms with E-state index in [2.05, 4.69) is 32.9 Å². The van der Waals surface area contributed by atoms with Gasteiger partial charge in [-0.25, -0.2) is 8.78 Å². The Labute approximate surface area is 118 Å². The molecule has 0 amide bonds. The number of hydrogen-bond donors (Lipinski definition) is 0. The van der Waals surface area contributed by atoms with Crippen molar-refractivity contribution in [3.8, 4) is 5.75 Å². The van der Waals surface area contributed by atoms with Gasteiger partial charge in [0.1, 0.15) is 24.0 Å². The minimum atomic E-state index is -0.636. The SMILES string of the molecule is CC(C)(C)c1cccc(COc2cc(F)cc(F)c2)c1. The molecule has 2 aromatic rings. The molecular formula is C17H18F2O. The van der Waals surface area contributed by atoms with E-state index in [0.717, 1.165) is 11.6 Å². The number of benzene rings is 2. The third-order valence-corrected chi connectivity index (χ3v) is 3.03. The van der Waals surface area contributed by atoms with Crippen LogP contribution in [0.15, 0.2) is 42.5 Å². The van der Waals surface area contributed by atoms with Crippen LogP contribution in [0, 0.1) is 11.6 Å². The van der Waals surface area contributed by atoms with Gasteiger partial charge in [0.25, 0.3) is 0 Å². The molecule has 2 aromatic carbocycles. The third kappa shape index (κ3) is 3.80. The fourth-order valence-corrected chi connectivity index (χ4v) is 1.91. The summed E-state index contributed by atoms with van der Waals surface area (Å²) >= 11 is 0. The Morgan fingerprint density at radius 2 is 1.60 bits per heavy atom. The lowest BCUT2D eigenvalue weighted by Crippen LogP contribution is -2.11. The van der Waals surface area contributed by atoms with E-state index in [1.54, 1.807) is 0 Å². The van der Waals surface area contributed by atoms with E-state index in [1.165, 1.54) is 17.7 Å². The average molecular weight is 276 g/mol. The Morgan fingerprint density at radius 3 is 2.20 bits per heavy atom. The van der Waals surface area contributed by atoms with Gasteiger partial charge >= 0.3 is 0 Å². The van der Waals surface area contributed by atoms with Crippen LogP contribution in [0.3, 0.4) is 0 Å². The summed E-state index contributed by atoms with van der Waals surface area (Å²) < 4.78 is 31.5. The van der Waals surface area contributed by atoms with Gasteiger partial charge in [-0.1, -0.05) is 45.0 Å². The molecule has 0 aliphatic rings. The van der Waals surface area contributed by atoms with Gasteiger partial charge < -0.3 is 4.74 Å². The van der Waals surface area contributed by atoms with Crippen molar-refractivity contribution in [1.29, 1.82) is 0 Å². The minimum Gasteiger partial charge on any atom is -0.489 e. The van der Waals surface area contributed by atoms with Crippen molar-refractivity contribution in [3.63, 3.8) is 0 Å². The molecule has 0 unspecified atom stereocenters. The highest BCUT2D eigenvalue weighted by molar-refractivity contribution is 5.29. The average Bonchev–Trinajstić information content (AvgIpc) is 2.35. The van der Waals surface area contributed by atoms with Crippen LogP contribution in [0.2, 0.25) is 0 Å². The van der Waals surface area contributed by atoms with Crippen LogP contribution in [-0.4, -0.2) is 0 Å². The summed E-state index contributed by atoms with van der Waals surface area (Å²) in [7, 11) is 0. The molecule has 3 heteroatoms. The summed E-state index contributed by atoms with van der Waals surface area (Å²) in [5, 5.41) is 0. The lowest BCUT2D eigenvalue weighted by molar-refractivity contribution is 0.302. The molecule has 0 saturated heterocycles. The van der Waals surface area contributed by atoms with Crippen molar-refractivity contribution in [3.05, 3.63) is 65.2 Å². The second kappa shape index (κ2) is 5.61. The number of halogens is 2. The maximum atomic E-state index is 13.1. The highest BCUT2D eigenvalue weighted by Crippen LogP contribution is 2.23. The van der Waals surface area contributed by atoms with E-state index in [1.807, 2.05) is 12.1 Å². The van der Waals surface area contributed by atoms with Crippen molar-refractivity contribution in [2.75, 3.05) is 0 Å². The smallest absolute Gasteiger partial charge is 0.129 e. The Kier molecular flexibility index (Phi) is 4.07. The molecule has 0 heterocycles. The topological polar surface area (TPSA) is 9.23 Å². The minimum absolute atomic E-state index is 0.0565. The Morgan fingerprint density at radius 1 is 0.950 bits per heavy atom. The summed E-state index contributed by atoms with van der Waals surface area (Å²) in [6.45, 7) is 6.69. The molecule has 2 rings (SSSR count). The van der Waals surface area contributed by atoms with Gasteiger partial charge in [0.2, 0.25) is 0 Å². The van der Waals surface area contributed by atoms with E-state index >= 15 is 0 Å². The standard InChI is InChI=1S/C17H18F2O/c1-17(2,3)13-6-4-5-12(7-13)11-20-16-9-14(18)8-15(19)10-16/h4-10H,11H2,1-3H3. The molecular weight excluding hydrogens is 258 g/mol. The summed E-state index contributed by atoms with van der Waals surface area (Å²) in [5.74, 6) is -1.07. The van der Waals surface area contributed by atoms with Gasteiger partial charge in [0, 0.05) is 18.2 Å². The van der Waals surface area contributed by atoms with Crippen LogP contribution in [0.4, 0.5) is 8.78 Å². The van der Waals surface area contributed by atoms with Gasteiger partial charge in [-0.2, -0.15) is 0 Å². The first kappa shape index (κ1) is 14.5. The van der Waals surface area contributed by atoms with Crippen molar-refractivity contribution < 1.29 is 13.5 Å². The van der Waals surface area contributed by atoms with E-state index in [0.29, 0.717) is 0 Å². The van der Waals surface area contributed by atoms with Crippen LogP contribution in [-0.2, 0) is 12.0 Å². The van der Waals surface area contributed by atoms with E-state index in [-0.39, 0.29) is 17.8 Å². The molecule has 0 radical (unpaired) electrons. The van der Waals surface area contributed by atoms with Gasteiger partial charge in [0.15, 0.2) is 0 Å². The summed E-state index contributed by atoms with van der Waals surface area (Å²) in [5.41, 5.74) is 2.23. The first-order valence-corrected chi connectivity index (χ1v) is 6.53. The predicted octanol–water partition coefficient (Wildman–Crippen LogP) is 4.84. The monoisotopic (exact) mass is 276 g/mol. The molecule has 1 nitrogen and oxygen atoms in total. The maximum Gasteiger partial charge on any atom is 0.129 e. The molecule has 106 valence electrons. The molecule has 0 aliphatic carbocycles. The molecule has 0 atom stereocenters. The quantitative estimate of drug-likeness (QED) is 0.779. The lowest BCUT2D eigenvalue weighted by atomic mass is 9.86. The number of hydrogen-bond acceptors (Lipinski definition) is 1. The summed E-state index contributed by atoms with van der Waals surface area (Å²) in [6, 6.07) is 11.2. The fourth-order valence-electron chi connectivity index (χ4n) is 1.91. The van der Waals surface area contributed by atoms with Crippen molar-refractivity contribution in [2.24, 2.45) is 0 Å². The zero-order valence-electron chi connectivity index (χ0n) is 11.9. The van der Waals surface area contributed by atoms with Gasteiger partial charge in [-0.3, -0.25) is 0 Å². The van der Waals surface area contributed by atoms with E-state index < -0.39 is 11.6 Å². The second-order valence-electron chi connectivity index (χ2n) is 5.84. The maximum absolute atomic E-state index is 13.1. The Hall–Kier alpha value is -1.90. The second-order valence-corrected chi connectivity index (χ2v) is 5.84. The van der Waals surface area contributed by atoms with Crippen molar-refractivity contribution >= 4 is 0 Å². The predicted molar refractivity (Wildman–Crippen MR) is 75.8 cm³/mol. The first-order chi connectivity index (χ1) is 9.34. The van der Waals surface area contributed by atoms with Crippen molar-refractivity contribution in [1.82, 2.24) is 0 Å². The largest absolute Gasteiger partial charge is 0.489 e. The Balaban J connectivity index is 2.11. The van der Waals surface area contributed by atoms with E-state index in [9.17, 15) is 8.78 Å². The lowest BCUT2D eigenvalue weighted by Gasteiger charge is -2.19. The highest BCUT2D eigenvalue weighted by Gasteiger charge is 2.13. The van der Waals surface area contributed by atoms with Crippen LogP contribution >= 0.6 is 0 Å². The molecule has 0 aromatic heterocycles. The molecule has 0 saturated carbocycles. The van der Waals surface area contributed by atoms with Gasteiger partial charge in [-0.05, 0) is 16.5 Å². The fraction of sp³-hybridized carbons (Fsp3) is 0.294. The van der Waals surface area contributed by atoms with Crippen LogP contribution < -0.4 is 4.74 Å². The molecule has 0 N–H and O–H groups in total. The van der Waals surface area contributed by atoms with Crippen molar-refractivity contribution in [2.45, 2.75) is 32.8 Å². The van der Waals surface area contributed by atoms with Gasteiger partial charge in [0.05, 0.1) is 0 Å².